The van der Waals surface area contributed by atoms with Gasteiger partial charge in [-0.25, -0.2) is 4.39 Å². The van der Waals surface area contributed by atoms with Crippen molar-refractivity contribution in [1.29, 1.82) is 0 Å². The Morgan fingerprint density at radius 1 is 1.50 bits per heavy atom. The van der Waals surface area contributed by atoms with Crippen LogP contribution in [-0.4, -0.2) is 11.5 Å². The van der Waals surface area contributed by atoms with Crippen molar-refractivity contribution in [3.63, 3.8) is 0 Å². The van der Waals surface area contributed by atoms with Crippen LogP contribution in [0.3, 0.4) is 0 Å². The standard InChI is InChI=1S/C11H15FN2/c12-11-7-14-5-4-10(11)9-3-1-2-8(9)6-13/h4-5,7-9H,1-3,6,13H2. The minimum Gasteiger partial charge on any atom is -0.330 e. The molecule has 1 aliphatic carbocycles. The lowest BCUT2D eigenvalue weighted by atomic mass is 9.89. The van der Waals surface area contributed by atoms with Gasteiger partial charge in [0.2, 0.25) is 0 Å². The molecule has 0 aliphatic heterocycles. The van der Waals surface area contributed by atoms with Crippen LogP contribution in [0, 0.1) is 11.7 Å². The maximum absolute atomic E-state index is 13.4. The maximum Gasteiger partial charge on any atom is 0.144 e. The number of nitrogens with two attached hydrogens (primary N) is 1. The minimum absolute atomic E-state index is 0.183. The van der Waals surface area contributed by atoms with E-state index in [4.69, 9.17) is 5.73 Å². The molecular weight excluding hydrogens is 179 g/mol. The average Bonchev–Trinajstić information content (AvgIpc) is 2.66. The molecule has 2 N–H and O–H groups in total. The van der Waals surface area contributed by atoms with Crippen molar-refractivity contribution >= 4 is 0 Å². The van der Waals surface area contributed by atoms with E-state index in [2.05, 4.69) is 4.98 Å². The fraction of sp³-hybridized carbons (Fsp3) is 0.545. The van der Waals surface area contributed by atoms with E-state index in [1.165, 1.54) is 6.20 Å². The van der Waals surface area contributed by atoms with Crippen LogP contribution in [0.1, 0.15) is 30.7 Å². The lowest BCUT2D eigenvalue weighted by molar-refractivity contribution is 0.473. The summed E-state index contributed by atoms with van der Waals surface area (Å²) in [7, 11) is 0. The van der Waals surface area contributed by atoms with Crippen LogP contribution >= 0.6 is 0 Å². The monoisotopic (exact) mass is 194 g/mol. The summed E-state index contributed by atoms with van der Waals surface area (Å²) >= 11 is 0. The second-order valence-electron chi connectivity index (χ2n) is 3.93. The maximum atomic E-state index is 13.4. The fourth-order valence-corrected chi connectivity index (χ4v) is 2.42. The summed E-state index contributed by atoms with van der Waals surface area (Å²) in [6.07, 6.45) is 6.30. The van der Waals surface area contributed by atoms with Crippen molar-refractivity contribution < 1.29 is 4.39 Å². The fourth-order valence-electron chi connectivity index (χ4n) is 2.42. The van der Waals surface area contributed by atoms with Crippen LogP contribution in [-0.2, 0) is 0 Å². The van der Waals surface area contributed by atoms with Gasteiger partial charge in [0.25, 0.3) is 0 Å². The number of aromatic nitrogens is 1. The summed E-state index contributed by atoms with van der Waals surface area (Å²) in [5, 5.41) is 0. The van der Waals surface area contributed by atoms with Crippen LogP contribution in [0.15, 0.2) is 18.5 Å². The molecule has 0 amide bonds. The smallest absolute Gasteiger partial charge is 0.144 e. The molecule has 3 heteroatoms. The first-order valence-corrected chi connectivity index (χ1v) is 5.12. The predicted octanol–water partition coefficient (Wildman–Crippen LogP) is 2.06. The van der Waals surface area contributed by atoms with Crippen molar-refractivity contribution in [2.75, 3.05) is 6.54 Å². The van der Waals surface area contributed by atoms with Gasteiger partial charge in [-0.05, 0) is 42.9 Å². The highest BCUT2D eigenvalue weighted by Crippen LogP contribution is 2.39. The third kappa shape index (κ3) is 1.64. The molecule has 2 nitrogen and oxygen atoms in total. The number of pyridine rings is 1. The molecule has 1 aromatic rings. The zero-order chi connectivity index (χ0) is 9.97. The zero-order valence-electron chi connectivity index (χ0n) is 8.12. The van der Waals surface area contributed by atoms with Gasteiger partial charge in [0.15, 0.2) is 0 Å². The molecule has 1 aliphatic rings. The van der Waals surface area contributed by atoms with E-state index in [1.54, 1.807) is 12.3 Å². The van der Waals surface area contributed by atoms with Gasteiger partial charge in [0, 0.05) is 6.20 Å². The van der Waals surface area contributed by atoms with Crippen LogP contribution in [0.2, 0.25) is 0 Å². The Kier molecular flexibility index (Phi) is 2.77. The summed E-state index contributed by atoms with van der Waals surface area (Å²) < 4.78 is 13.4. The Morgan fingerprint density at radius 3 is 3.07 bits per heavy atom. The lowest BCUT2D eigenvalue weighted by Crippen LogP contribution is -2.18. The Bertz CT molecular complexity index is 314. The van der Waals surface area contributed by atoms with E-state index in [0.29, 0.717) is 18.4 Å². The topological polar surface area (TPSA) is 38.9 Å². The Morgan fingerprint density at radius 2 is 2.36 bits per heavy atom. The van der Waals surface area contributed by atoms with Gasteiger partial charge in [-0.15, -0.1) is 0 Å². The molecule has 2 rings (SSSR count). The number of hydrogen-bond donors (Lipinski definition) is 1. The van der Waals surface area contributed by atoms with E-state index >= 15 is 0 Å². The Balaban J connectivity index is 2.26. The second kappa shape index (κ2) is 4.05. The van der Waals surface area contributed by atoms with Gasteiger partial charge in [-0.3, -0.25) is 4.98 Å². The molecular formula is C11H15FN2. The molecule has 0 saturated heterocycles. The predicted molar refractivity (Wildman–Crippen MR) is 53.3 cm³/mol. The van der Waals surface area contributed by atoms with Crippen molar-refractivity contribution in [1.82, 2.24) is 4.98 Å². The van der Waals surface area contributed by atoms with E-state index in [0.717, 1.165) is 24.8 Å². The summed E-state index contributed by atoms with van der Waals surface area (Å²) in [6, 6.07) is 1.79. The van der Waals surface area contributed by atoms with Crippen molar-refractivity contribution in [2.24, 2.45) is 11.7 Å². The third-order valence-electron chi connectivity index (χ3n) is 3.17. The van der Waals surface area contributed by atoms with Gasteiger partial charge >= 0.3 is 0 Å². The second-order valence-corrected chi connectivity index (χ2v) is 3.93. The molecule has 1 saturated carbocycles. The van der Waals surface area contributed by atoms with Gasteiger partial charge in [-0.1, -0.05) is 6.42 Å². The first-order valence-electron chi connectivity index (χ1n) is 5.12. The number of hydrogen-bond acceptors (Lipinski definition) is 2. The number of rotatable bonds is 2. The quantitative estimate of drug-likeness (QED) is 0.782. The Hall–Kier alpha value is -0.960. The Labute approximate surface area is 83.3 Å². The molecule has 76 valence electrons. The van der Waals surface area contributed by atoms with E-state index < -0.39 is 0 Å². The van der Waals surface area contributed by atoms with E-state index in [9.17, 15) is 4.39 Å². The molecule has 0 radical (unpaired) electrons. The summed E-state index contributed by atoms with van der Waals surface area (Å²) in [5.41, 5.74) is 6.47. The summed E-state index contributed by atoms with van der Waals surface area (Å²) in [6.45, 7) is 0.659. The average molecular weight is 194 g/mol. The summed E-state index contributed by atoms with van der Waals surface area (Å²) in [5.74, 6) is 0.577. The van der Waals surface area contributed by atoms with E-state index in [1.807, 2.05) is 0 Å². The lowest BCUT2D eigenvalue weighted by Gasteiger charge is -2.18. The van der Waals surface area contributed by atoms with E-state index in [-0.39, 0.29) is 5.82 Å². The molecule has 2 atom stereocenters. The molecule has 1 fully saturated rings. The largest absolute Gasteiger partial charge is 0.330 e. The summed E-state index contributed by atoms with van der Waals surface area (Å²) in [4.78, 5) is 3.76. The van der Waals surface area contributed by atoms with Crippen LogP contribution in [0.4, 0.5) is 4.39 Å². The van der Waals surface area contributed by atoms with Gasteiger partial charge in [0.1, 0.15) is 5.82 Å². The molecule has 0 spiro atoms. The number of halogens is 1. The molecule has 2 unspecified atom stereocenters. The van der Waals surface area contributed by atoms with Gasteiger partial charge < -0.3 is 5.73 Å². The van der Waals surface area contributed by atoms with Crippen LogP contribution < -0.4 is 5.73 Å². The molecule has 1 aromatic heterocycles. The molecule has 0 aromatic carbocycles. The normalized spacial score (nSPS) is 26.7. The third-order valence-corrected chi connectivity index (χ3v) is 3.17. The van der Waals surface area contributed by atoms with Crippen molar-refractivity contribution in [2.45, 2.75) is 25.2 Å². The van der Waals surface area contributed by atoms with Gasteiger partial charge in [-0.2, -0.15) is 0 Å². The zero-order valence-corrected chi connectivity index (χ0v) is 8.12. The van der Waals surface area contributed by atoms with Crippen LogP contribution in [0.25, 0.3) is 0 Å². The minimum atomic E-state index is -0.183. The highest BCUT2D eigenvalue weighted by atomic mass is 19.1. The highest BCUT2D eigenvalue weighted by molar-refractivity contribution is 5.20. The van der Waals surface area contributed by atoms with Crippen molar-refractivity contribution in [3.8, 4) is 0 Å². The number of nitrogens with zero attached hydrogens (tertiary/aromatic N) is 1. The molecule has 0 bridgehead atoms. The molecule has 14 heavy (non-hydrogen) atoms. The first-order chi connectivity index (χ1) is 6.83. The first kappa shape index (κ1) is 9.59. The van der Waals surface area contributed by atoms with Crippen LogP contribution in [0.5, 0.6) is 0 Å². The highest BCUT2D eigenvalue weighted by Gasteiger charge is 2.29. The van der Waals surface area contributed by atoms with Gasteiger partial charge in [0.05, 0.1) is 6.20 Å². The molecule has 1 heterocycles. The SMILES string of the molecule is NCC1CCCC1c1ccncc1F. The van der Waals surface area contributed by atoms with Crippen molar-refractivity contribution in [3.05, 3.63) is 29.8 Å².